The first-order chi connectivity index (χ1) is 8.56. The van der Waals surface area contributed by atoms with Crippen molar-refractivity contribution < 1.29 is 0 Å². The van der Waals surface area contributed by atoms with Crippen LogP contribution in [0.25, 0.3) is 0 Å². The van der Waals surface area contributed by atoms with Crippen molar-refractivity contribution in [2.45, 2.75) is 77.5 Å². The van der Waals surface area contributed by atoms with E-state index in [1.165, 1.54) is 57.0 Å². The number of alkyl halides is 4. The van der Waals surface area contributed by atoms with Crippen LogP contribution >= 0.6 is 63.7 Å². The molecule has 18 heavy (non-hydrogen) atoms. The molecule has 0 heterocycles. The zero-order valence-electron chi connectivity index (χ0n) is 11.3. The first-order valence-corrected chi connectivity index (χ1v) is 13.2. The molecule has 0 amide bonds. The topological polar surface area (TPSA) is 0 Å². The van der Waals surface area contributed by atoms with Gasteiger partial charge in [-0.25, -0.2) is 0 Å². The fourth-order valence-electron chi connectivity index (χ4n) is 2.19. The Bertz CT molecular complexity index is 164. The van der Waals surface area contributed by atoms with E-state index in [0.717, 1.165) is 0 Å². The smallest absolute Gasteiger partial charge is 0.0695 e. The molecule has 0 aromatic carbocycles. The summed E-state index contributed by atoms with van der Waals surface area (Å²) >= 11 is 14.4. The van der Waals surface area contributed by atoms with Gasteiger partial charge >= 0.3 is 0 Å². The van der Waals surface area contributed by atoms with Crippen LogP contribution in [0.5, 0.6) is 0 Å². The van der Waals surface area contributed by atoms with Gasteiger partial charge < -0.3 is 0 Å². The van der Waals surface area contributed by atoms with E-state index in [1.54, 1.807) is 6.04 Å². The van der Waals surface area contributed by atoms with Crippen molar-refractivity contribution in [1.82, 2.24) is 0 Å². The molecule has 0 nitrogen and oxygen atoms in total. The zero-order chi connectivity index (χ0) is 13.8. The number of hydrogen-bond donors (Lipinski definition) is 0. The fourth-order valence-corrected chi connectivity index (χ4v) is 8.54. The zero-order valence-corrected chi connectivity index (χ0v) is 18.8. The predicted molar refractivity (Wildman–Crippen MR) is 103 cm³/mol. The monoisotopic (exact) mass is 526 g/mol. The third kappa shape index (κ3) is 14.5. The first-order valence-electron chi connectivity index (χ1n) is 7.12. The molecule has 0 aromatic heterocycles. The van der Waals surface area contributed by atoms with Crippen molar-refractivity contribution in [3.8, 4) is 0 Å². The molecular formula is C13H26Br4Si. The molecule has 0 spiro atoms. The minimum atomic E-state index is -0.518. The van der Waals surface area contributed by atoms with Gasteiger partial charge in [-0.1, -0.05) is 121 Å². The molecule has 110 valence electrons. The van der Waals surface area contributed by atoms with Gasteiger partial charge in [0, 0.05) is 8.80 Å². The highest BCUT2D eigenvalue weighted by atomic mass is 79.9. The van der Waals surface area contributed by atoms with Crippen molar-refractivity contribution in [2.24, 2.45) is 0 Å². The quantitative estimate of drug-likeness (QED) is 0.142. The van der Waals surface area contributed by atoms with E-state index >= 15 is 0 Å². The summed E-state index contributed by atoms with van der Waals surface area (Å²) < 4.78 is 1.03. The average Bonchev–Trinajstić information content (AvgIpc) is 2.30. The second-order valence-corrected chi connectivity index (χ2v) is 15.3. The van der Waals surface area contributed by atoms with Gasteiger partial charge in [-0.15, -0.1) is 0 Å². The molecule has 0 radical (unpaired) electrons. The van der Waals surface area contributed by atoms with Gasteiger partial charge in [0.1, 0.15) is 0 Å². The number of hydrogen-bond acceptors (Lipinski definition) is 0. The Morgan fingerprint density at radius 2 is 1.22 bits per heavy atom. The molecule has 0 aliphatic heterocycles. The minimum Gasteiger partial charge on any atom is -0.0765 e. The second-order valence-electron chi connectivity index (χ2n) is 5.01. The largest absolute Gasteiger partial charge is 0.0765 e. The summed E-state index contributed by atoms with van der Waals surface area (Å²) in [7, 11) is -0.518. The van der Waals surface area contributed by atoms with Crippen molar-refractivity contribution in [2.75, 3.05) is 0 Å². The Labute approximate surface area is 149 Å². The van der Waals surface area contributed by atoms with Crippen LogP contribution in [0, 0.1) is 0 Å². The molecule has 0 aliphatic rings. The molecule has 0 aromatic rings. The van der Waals surface area contributed by atoms with Crippen molar-refractivity contribution in [3.05, 3.63) is 0 Å². The summed E-state index contributed by atoms with van der Waals surface area (Å²) in [6.07, 6.45) is 9.72. The van der Waals surface area contributed by atoms with E-state index in [9.17, 15) is 0 Å². The van der Waals surface area contributed by atoms with E-state index < -0.39 is 8.80 Å². The van der Waals surface area contributed by atoms with Crippen molar-refractivity contribution in [3.63, 3.8) is 0 Å². The highest BCUT2D eigenvalue weighted by molar-refractivity contribution is 9.25. The molecule has 0 saturated carbocycles. The van der Waals surface area contributed by atoms with E-state index in [4.69, 9.17) is 0 Å². The summed E-state index contributed by atoms with van der Waals surface area (Å²) in [6.45, 7) is 2.29. The molecule has 0 aliphatic carbocycles. The van der Waals surface area contributed by atoms with E-state index in [0.29, 0.717) is 7.47 Å². The molecule has 5 heteroatoms. The van der Waals surface area contributed by atoms with Crippen LogP contribution in [0.1, 0.15) is 51.9 Å². The lowest BCUT2D eigenvalue weighted by molar-refractivity contribution is 0.652. The normalized spacial score (nSPS) is 12.0. The SMILES string of the molecule is CCCCCCC[SiH](CCC(Br)Br)CCC(Br)Br. The summed E-state index contributed by atoms with van der Waals surface area (Å²) in [5, 5.41) is 0. The summed E-state index contributed by atoms with van der Waals surface area (Å²) in [5.41, 5.74) is 0. The Balaban J connectivity index is 3.74. The molecular weight excluding hydrogens is 504 g/mol. The molecule has 0 fully saturated rings. The summed E-state index contributed by atoms with van der Waals surface area (Å²) in [5.74, 6) is 0. The lowest BCUT2D eigenvalue weighted by Crippen LogP contribution is -2.14. The van der Waals surface area contributed by atoms with Crippen molar-refractivity contribution >= 4 is 72.5 Å². The Morgan fingerprint density at radius 3 is 1.67 bits per heavy atom. The molecule has 0 atom stereocenters. The fraction of sp³-hybridized carbons (Fsp3) is 1.00. The molecule has 0 rings (SSSR count). The van der Waals surface area contributed by atoms with Crippen LogP contribution < -0.4 is 0 Å². The van der Waals surface area contributed by atoms with Gasteiger partial charge in [-0.05, 0) is 12.8 Å². The molecule has 0 bridgehead atoms. The van der Waals surface area contributed by atoms with Gasteiger partial charge in [-0.2, -0.15) is 0 Å². The Hall–Kier alpha value is 2.14. The second kappa shape index (κ2) is 14.1. The maximum Gasteiger partial charge on any atom is 0.0695 e. The number of halogens is 4. The van der Waals surface area contributed by atoms with Gasteiger partial charge in [0.25, 0.3) is 0 Å². The maximum absolute atomic E-state index is 3.61. The van der Waals surface area contributed by atoms with Crippen LogP contribution in [-0.2, 0) is 0 Å². The Kier molecular flexibility index (Phi) is 15.8. The van der Waals surface area contributed by atoms with E-state index in [-0.39, 0.29) is 0 Å². The highest BCUT2D eigenvalue weighted by Crippen LogP contribution is 2.24. The lowest BCUT2D eigenvalue weighted by atomic mass is 10.2. The van der Waals surface area contributed by atoms with Gasteiger partial charge in [-0.3, -0.25) is 0 Å². The third-order valence-corrected chi connectivity index (χ3v) is 8.66. The average molecular weight is 530 g/mol. The Morgan fingerprint density at radius 1 is 0.722 bits per heavy atom. The van der Waals surface area contributed by atoms with E-state index in [1.807, 2.05) is 0 Å². The standard InChI is InChI=1S/C13H26Br4Si/c1-2-3-4-5-6-9-18(10-7-12(14)15)11-8-13(16)17/h12-13,18H,2-11H2,1H3. The van der Waals surface area contributed by atoms with E-state index in [2.05, 4.69) is 70.6 Å². The molecule has 0 unspecified atom stereocenters. The number of rotatable bonds is 12. The first kappa shape index (κ1) is 20.1. The number of unbranched alkanes of at least 4 members (excludes halogenated alkanes) is 4. The van der Waals surface area contributed by atoms with Gasteiger partial charge in [0.2, 0.25) is 0 Å². The van der Waals surface area contributed by atoms with Gasteiger partial charge in [0.05, 0.1) is 7.47 Å². The van der Waals surface area contributed by atoms with Crippen LogP contribution in [0.15, 0.2) is 0 Å². The van der Waals surface area contributed by atoms with Crippen LogP contribution in [0.2, 0.25) is 18.1 Å². The van der Waals surface area contributed by atoms with Crippen LogP contribution in [0.4, 0.5) is 0 Å². The highest BCUT2D eigenvalue weighted by Gasteiger charge is 2.13. The molecule has 0 N–H and O–H groups in total. The third-order valence-electron chi connectivity index (χ3n) is 3.30. The predicted octanol–water partition coefficient (Wildman–Crippen LogP) is 7.20. The van der Waals surface area contributed by atoms with Crippen LogP contribution in [-0.4, -0.2) is 16.3 Å². The molecule has 0 saturated heterocycles. The van der Waals surface area contributed by atoms with Gasteiger partial charge in [0.15, 0.2) is 0 Å². The van der Waals surface area contributed by atoms with Crippen LogP contribution in [0.3, 0.4) is 0 Å². The maximum atomic E-state index is 3.61. The minimum absolute atomic E-state index is 0.517. The summed E-state index contributed by atoms with van der Waals surface area (Å²) in [4.78, 5) is 0. The van der Waals surface area contributed by atoms with Crippen molar-refractivity contribution in [1.29, 1.82) is 0 Å². The lowest BCUT2D eigenvalue weighted by Gasteiger charge is -2.16. The summed E-state index contributed by atoms with van der Waals surface area (Å²) in [6, 6.07) is 4.49.